The van der Waals surface area contributed by atoms with Crippen LogP contribution in [0.4, 0.5) is 11.4 Å². The van der Waals surface area contributed by atoms with Crippen molar-refractivity contribution in [2.45, 2.75) is 19.4 Å². The van der Waals surface area contributed by atoms with Crippen molar-refractivity contribution in [3.8, 4) is 5.75 Å². The van der Waals surface area contributed by atoms with Gasteiger partial charge in [0.15, 0.2) is 6.10 Å². The average molecular weight is 389 g/mol. The van der Waals surface area contributed by atoms with Crippen molar-refractivity contribution in [3.05, 3.63) is 52.5 Å². The van der Waals surface area contributed by atoms with Crippen LogP contribution in [0.5, 0.6) is 5.75 Å². The number of para-hydroxylation sites is 2. The third-order valence-electron chi connectivity index (χ3n) is 3.93. The van der Waals surface area contributed by atoms with Crippen LogP contribution in [-0.2, 0) is 9.59 Å². The van der Waals surface area contributed by atoms with Crippen molar-refractivity contribution < 1.29 is 14.3 Å². The molecule has 0 saturated carbocycles. The van der Waals surface area contributed by atoms with Gasteiger partial charge in [0.05, 0.1) is 12.1 Å². The van der Waals surface area contributed by atoms with Crippen molar-refractivity contribution in [2.24, 2.45) is 0 Å². The first-order valence-corrected chi connectivity index (χ1v) is 8.34. The summed E-state index contributed by atoms with van der Waals surface area (Å²) < 4.78 is 6.62. The van der Waals surface area contributed by atoms with Gasteiger partial charge in [-0.05, 0) is 36.8 Å². The lowest BCUT2D eigenvalue weighted by Gasteiger charge is -2.31. The van der Waals surface area contributed by atoms with E-state index in [1.54, 1.807) is 13.1 Å². The third-order valence-corrected chi connectivity index (χ3v) is 4.78. The van der Waals surface area contributed by atoms with Crippen LogP contribution in [0.25, 0.3) is 0 Å². The van der Waals surface area contributed by atoms with Crippen LogP contribution in [0, 0.1) is 6.92 Å². The van der Waals surface area contributed by atoms with Crippen LogP contribution in [0.3, 0.4) is 0 Å². The summed E-state index contributed by atoms with van der Waals surface area (Å²) in [6.45, 7) is 1.97. The molecule has 2 aromatic carbocycles. The zero-order chi connectivity index (χ0) is 17.3. The number of amides is 2. The largest absolute Gasteiger partial charge is 0.478 e. The summed E-state index contributed by atoms with van der Waals surface area (Å²) in [7, 11) is 1.69. The van der Waals surface area contributed by atoms with Gasteiger partial charge in [-0.1, -0.05) is 34.1 Å². The van der Waals surface area contributed by atoms with Gasteiger partial charge in [-0.2, -0.15) is 0 Å². The smallest absolute Gasteiger partial charge is 0.268 e. The van der Waals surface area contributed by atoms with E-state index in [-0.39, 0.29) is 18.2 Å². The number of nitrogens with one attached hydrogen (secondary N) is 1. The van der Waals surface area contributed by atoms with E-state index < -0.39 is 6.10 Å². The first-order chi connectivity index (χ1) is 11.5. The molecule has 1 unspecified atom stereocenters. The molecule has 5 nitrogen and oxygen atoms in total. The Balaban J connectivity index is 1.70. The number of rotatable bonds is 3. The molecular formula is C18H17BrN2O3. The number of hydrogen-bond donors (Lipinski definition) is 1. The maximum absolute atomic E-state index is 12.4. The van der Waals surface area contributed by atoms with Gasteiger partial charge >= 0.3 is 0 Å². The Morgan fingerprint density at radius 1 is 1.29 bits per heavy atom. The zero-order valence-electron chi connectivity index (χ0n) is 13.4. The number of carbonyl (C=O) groups excluding carboxylic acids is 2. The maximum Gasteiger partial charge on any atom is 0.268 e. The number of carbonyl (C=O) groups is 2. The molecule has 3 rings (SSSR count). The minimum Gasteiger partial charge on any atom is -0.478 e. The van der Waals surface area contributed by atoms with Gasteiger partial charge in [0.1, 0.15) is 5.75 Å². The van der Waals surface area contributed by atoms with Crippen molar-refractivity contribution in [1.29, 1.82) is 0 Å². The molecule has 124 valence electrons. The summed E-state index contributed by atoms with van der Waals surface area (Å²) in [6.07, 6.45) is -0.859. The molecule has 2 aromatic rings. The number of ether oxygens (including phenoxy) is 1. The Kier molecular flexibility index (Phi) is 4.57. The van der Waals surface area contributed by atoms with E-state index in [2.05, 4.69) is 21.2 Å². The van der Waals surface area contributed by atoms with Crippen LogP contribution in [0.1, 0.15) is 12.0 Å². The molecule has 0 spiro atoms. The van der Waals surface area contributed by atoms with E-state index in [1.165, 1.54) is 4.90 Å². The number of nitrogens with zero attached hydrogens (tertiary/aromatic N) is 1. The first kappa shape index (κ1) is 16.5. The Bertz CT molecular complexity index is 807. The molecule has 1 heterocycles. The fourth-order valence-corrected chi connectivity index (χ4v) is 2.93. The minimum absolute atomic E-state index is 0.0387. The molecule has 0 saturated heterocycles. The highest BCUT2D eigenvalue weighted by molar-refractivity contribution is 9.10. The van der Waals surface area contributed by atoms with Crippen LogP contribution >= 0.6 is 15.9 Å². The maximum atomic E-state index is 12.4. The summed E-state index contributed by atoms with van der Waals surface area (Å²) in [5.41, 5.74) is 2.47. The SMILES string of the molecule is Cc1ccc(NC(=O)CC2Oc3ccccc3N(C)C2=O)cc1Br. The number of benzene rings is 2. The molecule has 1 aliphatic heterocycles. The summed E-state index contributed by atoms with van der Waals surface area (Å²) in [4.78, 5) is 26.2. The number of hydrogen-bond acceptors (Lipinski definition) is 3. The summed E-state index contributed by atoms with van der Waals surface area (Å²) in [5.74, 6) is 0.112. The molecule has 0 fully saturated rings. The lowest BCUT2D eigenvalue weighted by Crippen LogP contribution is -2.45. The van der Waals surface area contributed by atoms with Gasteiger partial charge in [0.2, 0.25) is 5.91 Å². The molecule has 0 radical (unpaired) electrons. The molecule has 1 aliphatic rings. The highest BCUT2D eigenvalue weighted by Gasteiger charge is 2.33. The number of fused-ring (bicyclic) bond motifs is 1. The highest BCUT2D eigenvalue weighted by atomic mass is 79.9. The van der Waals surface area contributed by atoms with E-state index in [0.29, 0.717) is 17.1 Å². The predicted octanol–water partition coefficient (Wildman–Crippen LogP) is 3.51. The lowest BCUT2D eigenvalue weighted by molar-refractivity contribution is -0.130. The predicted molar refractivity (Wildman–Crippen MR) is 96.4 cm³/mol. The van der Waals surface area contributed by atoms with E-state index in [0.717, 1.165) is 10.0 Å². The summed E-state index contributed by atoms with van der Waals surface area (Å²) in [5, 5.41) is 2.80. The number of halogens is 1. The molecule has 6 heteroatoms. The van der Waals surface area contributed by atoms with Gasteiger partial charge in [0.25, 0.3) is 5.91 Å². The highest BCUT2D eigenvalue weighted by Crippen LogP contribution is 2.33. The van der Waals surface area contributed by atoms with E-state index >= 15 is 0 Å². The number of anilines is 2. The molecule has 0 aromatic heterocycles. The van der Waals surface area contributed by atoms with Crippen LogP contribution in [0.2, 0.25) is 0 Å². The van der Waals surface area contributed by atoms with Gasteiger partial charge in [0, 0.05) is 17.2 Å². The number of aryl methyl sites for hydroxylation is 1. The second-order valence-corrected chi connectivity index (χ2v) is 6.54. The van der Waals surface area contributed by atoms with Gasteiger partial charge < -0.3 is 15.0 Å². The standard InChI is InChI=1S/C18H17BrN2O3/c1-11-7-8-12(9-13(11)19)20-17(22)10-16-18(23)21(2)14-5-3-4-6-15(14)24-16/h3-9,16H,10H2,1-2H3,(H,20,22). The summed E-state index contributed by atoms with van der Waals surface area (Å²) in [6, 6.07) is 12.8. The van der Waals surface area contributed by atoms with Gasteiger partial charge in [-0.15, -0.1) is 0 Å². The zero-order valence-corrected chi connectivity index (χ0v) is 15.0. The second kappa shape index (κ2) is 6.65. The average Bonchev–Trinajstić information content (AvgIpc) is 2.56. The normalized spacial score (nSPS) is 16.4. The van der Waals surface area contributed by atoms with Crippen LogP contribution in [0.15, 0.2) is 46.9 Å². The number of likely N-dealkylation sites (N-methyl/N-ethyl adjacent to an activating group) is 1. The van der Waals surface area contributed by atoms with E-state index in [4.69, 9.17) is 4.74 Å². The van der Waals surface area contributed by atoms with Crippen LogP contribution in [-0.4, -0.2) is 25.0 Å². The Morgan fingerprint density at radius 3 is 2.79 bits per heavy atom. The van der Waals surface area contributed by atoms with Gasteiger partial charge in [-0.25, -0.2) is 0 Å². The lowest BCUT2D eigenvalue weighted by atomic mass is 10.1. The van der Waals surface area contributed by atoms with Crippen molar-refractivity contribution in [3.63, 3.8) is 0 Å². The monoisotopic (exact) mass is 388 g/mol. The minimum atomic E-state index is -0.821. The van der Waals surface area contributed by atoms with Crippen molar-refractivity contribution in [2.75, 3.05) is 17.3 Å². The fourth-order valence-electron chi connectivity index (χ4n) is 2.55. The first-order valence-electron chi connectivity index (χ1n) is 7.55. The fraction of sp³-hybridized carbons (Fsp3) is 0.222. The van der Waals surface area contributed by atoms with Crippen molar-refractivity contribution in [1.82, 2.24) is 0 Å². The van der Waals surface area contributed by atoms with Crippen LogP contribution < -0.4 is 15.0 Å². The molecule has 2 amide bonds. The Labute approximate surface area is 148 Å². The molecule has 24 heavy (non-hydrogen) atoms. The summed E-state index contributed by atoms with van der Waals surface area (Å²) >= 11 is 3.43. The molecule has 1 N–H and O–H groups in total. The topological polar surface area (TPSA) is 58.6 Å². The second-order valence-electron chi connectivity index (χ2n) is 5.69. The Morgan fingerprint density at radius 2 is 2.04 bits per heavy atom. The Hall–Kier alpha value is -2.34. The van der Waals surface area contributed by atoms with Gasteiger partial charge in [-0.3, -0.25) is 9.59 Å². The molecule has 0 aliphatic carbocycles. The van der Waals surface area contributed by atoms with E-state index in [1.807, 2.05) is 43.3 Å². The third kappa shape index (κ3) is 3.28. The molecular weight excluding hydrogens is 372 g/mol. The molecule has 0 bridgehead atoms. The molecule has 1 atom stereocenters. The van der Waals surface area contributed by atoms with E-state index in [9.17, 15) is 9.59 Å². The quantitative estimate of drug-likeness (QED) is 0.874. The van der Waals surface area contributed by atoms with Crippen molar-refractivity contribution >= 4 is 39.1 Å².